The summed E-state index contributed by atoms with van der Waals surface area (Å²) in [4.78, 5) is 24.4. The van der Waals surface area contributed by atoms with Crippen LogP contribution in [0.4, 0.5) is 0 Å². The van der Waals surface area contributed by atoms with Crippen LogP contribution in [-0.4, -0.2) is 47.4 Å². The van der Waals surface area contributed by atoms with Gasteiger partial charge >= 0.3 is 5.97 Å². The molecule has 0 heterocycles. The van der Waals surface area contributed by atoms with Crippen LogP contribution < -0.4 is 5.32 Å². The predicted molar refractivity (Wildman–Crippen MR) is 255 cm³/mol. The lowest BCUT2D eigenvalue weighted by Gasteiger charge is -2.22. The van der Waals surface area contributed by atoms with Crippen LogP contribution in [0.15, 0.2) is 36.5 Å². The van der Waals surface area contributed by atoms with E-state index in [9.17, 15) is 19.8 Å². The van der Waals surface area contributed by atoms with Crippen molar-refractivity contribution in [2.24, 2.45) is 0 Å². The number of carbonyl (C=O) groups is 2. The van der Waals surface area contributed by atoms with Gasteiger partial charge in [-0.15, -0.1) is 0 Å². The molecule has 0 aromatic rings. The lowest BCUT2D eigenvalue weighted by molar-refractivity contribution is -0.143. The molecule has 6 nitrogen and oxygen atoms in total. The van der Waals surface area contributed by atoms with E-state index in [1.54, 1.807) is 0 Å². The number of hydrogen-bond donors (Lipinski definition) is 3. The van der Waals surface area contributed by atoms with Crippen LogP contribution in [0.25, 0.3) is 0 Å². The zero-order valence-corrected chi connectivity index (χ0v) is 39.2. The smallest absolute Gasteiger partial charge is 0.305 e. The molecule has 2 atom stereocenters. The standard InChI is InChI=1S/C53H99NO5/c1-3-5-7-9-11-13-15-16-17-20-23-27-31-35-39-43-47-53(58)59-48-44-40-36-32-28-24-21-18-19-22-26-30-34-38-42-46-52(57)54-50(49-55)51(56)45-41-37-33-29-25-14-12-10-8-6-4-2/h13,15,17,20-21,24,50-51,55-56H,3-12,14,16,18-19,22-23,25-49H2,1-2H3,(H,54,57)/b15-13-,20-17-,24-21-. The van der Waals surface area contributed by atoms with Gasteiger partial charge in [0, 0.05) is 12.8 Å². The molecule has 2 unspecified atom stereocenters. The molecule has 0 aromatic carbocycles. The fourth-order valence-corrected chi connectivity index (χ4v) is 7.66. The van der Waals surface area contributed by atoms with Crippen molar-refractivity contribution < 1.29 is 24.5 Å². The minimum Gasteiger partial charge on any atom is -0.466 e. The Morgan fingerprint density at radius 2 is 0.847 bits per heavy atom. The van der Waals surface area contributed by atoms with E-state index in [4.69, 9.17) is 4.74 Å². The van der Waals surface area contributed by atoms with Crippen molar-refractivity contribution in [1.29, 1.82) is 0 Å². The number of nitrogens with one attached hydrogen (secondary N) is 1. The monoisotopic (exact) mass is 830 g/mol. The van der Waals surface area contributed by atoms with Crippen molar-refractivity contribution in [1.82, 2.24) is 5.32 Å². The normalized spacial score (nSPS) is 12.9. The van der Waals surface area contributed by atoms with Gasteiger partial charge in [0.2, 0.25) is 5.91 Å². The minimum absolute atomic E-state index is 0.0242. The summed E-state index contributed by atoms with van der Waals surface area (Å²) in [6.07, 6.45) is 58.3. The van der Waals surface area contributed by atoms with E-state index in [-0.39, 0.29) is 18.5 Å². The topological polar surface area (TPSA) is 95.9 Å². The van der Waals surface area contributed by atoms with E-state index < -0.39 is 12.1 Å². The van der Waals surface area contributed by atoms with Gasteiger partial charge < -0.3 is 20.3 Å². The molecule has 59 heavy (non-hydrogen) atoms. The first kappa shape index (κ1) is 57.1. The Hall–Kier alpha value is -1.92. The quantitative estimate of drug-likeness (QED) is 0.0323. The van der Waals surface area contributed by atoms with E-state index >= 15 is 0 Å². The maximum absolute atomic E-state index is 12.4. The van der Waals surface area contributed by atoms with E-state index in [1.807, 2.05) is 0 Å². The maximum Gasteiger partial charge on any atom is 0.305 e. The highest BCUT2D eigenvalue weighted by Crippen LogP contribution is 2.15. The lowest BCUT2D eigenvalue weighted by Crippen LogP contribution is -2.45. The van der Waals surface area contributed by atoms with E-state index in [2.05, 4.69) is 55.6 Å². The predicted octanol–water partition coefficient (Wildman–Crippen LogP) is 15.3. The zero-order chi connectivity index (χ0) is 43.0. The van der Waals surface area contributed by atoms with Crippen molar-refractivity contribution in [3.63, 3.8) is 0 Å². The molecule has 0 saturated carbocycles. The molecule has 0 radical (unpaired) electrons. The van der Waals surface area contributed by atoms with Crippen molar-refractivity contribution in [3.8, 4) is 0 Å². The van der Waals surface area contributed by atoms with Crippen LogP contribution in [0.5, 0.6) is 0 Å². The third-order valence-corrected chi connectivity index (χ3v) is 11.7. The Kier molecular flexibility index (Phi) is 47.2. The fraction of sp³-hybridized carbons (Fsp3) is 0.849. The maximum atomic E-state index is 12.4. The first-order valence-electron chi connectivity index (χ1n) is 25.7. The van der Waals surface area contributed by atoms with Gasteiger partial charge in [-0.2, -0.15) is 0 Å². The second-order valence-electron chi connectivity index (χ2n) is 17.5. The summed E-state index contributed by atoms with van der Waals surface area (Å²) in [6, 6.07) is -0.552. The molecule has 3 N–H and O–H groups in total. The number of hydrogen-bond acceptors (Lipinski definition) is 5. The summed E-state index contributed by atoms with van der Waals surface area (Å²) in [5.74, 6) is -0.0770. The second kappa shape index (κ2) is 48.7. The average Bonchev–Trinajstić information content (AvgIpc) is 3.24. The number of amides is 1. The Balaban J connectivity index is 3.48. The highest BCUT2D eigenvalue weighted by Gasteiger charge is 2.20. The largest absolute Gasteiger partial charge is 0.466 e. The molecule has 1 amide bonds. The molecule has 0 rings (SSSR count). The Bertz CT molecular complexity index is 962. The number of ether oxygens (including phenoxy) is 1. The van der Waals surface area contributed by atoms with Crippen molar-refractivity contribution >= 4 is 11.9 Å². The molecular formula is C53H99NO5. The van der Waals surface area contributed by atoms with Gasteiger partial charge in [-0.25, -0.2) is 0 Å². The van der Waals surface area contributed by atoms with Crippen molar-refractivity contribution in [2.75, 3.05) is 13.2 Å². The number of unbranched alkanes of at least 4 members (excludes halogenated alkanes) is 30. The van der Waals surface area contributed by atoms with Gasteiger partial charge in [0.1, 0.15) is 0 Å². The number of rotatable bonds is 47. The van der Waals surface area contributed by atoms with Gasteiger partial charge in [-0.3, -0.25) is 9.59 Å². The van der Waals surface area contributed by atoms with Crippen molar-refractivity contribution in [2.45, 2.75) is 276 Å². The Morgan fingerprint density at radius 3 is 1.32 bits per heavy atom. The third-order valence-electron chi connectivity index (χ3n) is 11.7. The van der Waals surface area contributed by atoms with E-state index in [0.29, 0.717) is 25.9 Å². The molecule has 0 saturated heterocycles. The molecule has 0 fully saturated rings. The van der Waals surface area contributed by atoms with Crippen LogP contribution in [0.1, 0.15) is 264 Å². The van der Waals surface area contributed by atoms with E-state index in [1.165, 1.54) is 154 Å². The molecule has 6 heteroatoms. The highest BCUT2D eigenvalue weighted by atomic mass is 16.5. The number of allylic oxidation sites excluding steroid dienone is 6. The van der Waals surface area contributed by atoms with Crippen LogP contribution in [0, 0.1) is 0 Å². The molecule has 0 aliphatic carbocycles. The first-order chi connectivity index (χ1) is 29.0. The molecule has 0 aromatic heterocycles. The number of aliphatic hydroxyl groups excluding tert-OH is 2. The summed E-state index contributed by atoms with van der Waals surface area (Å²) in [5.41, 5.74) is 0. The second-order valence-corrected chi connectivity index (χ2v) is 17.5. The van der Waals surface area contributed by atoms with Gasteiger partial charge in [0.25, 0.3) is 0 Å². The number of carbonyl (C=O) groups excluding carboxylic acids is 2. The number of esters is 1. The molecule has 0 spiro atoms. The van der Waals surface area contributed by atoms with Gasteiger partial charge in [0.15, 0.2) is 0 Å². The molecule has 0 bridgehead atoms. The summed E-state index contributed by atoms with van der Waals surface area (Å²) in [6.45, 7) is 4.88. The van der Waals surface area contributed by atoms with E-state index in [0.717, 1.165) is 77.0 Å². The molecule has 346 valence electrons. The molecule has 0 aliphatic rings. The summed E-state index contributed by atoms with van der Waals surface area (Å²) in [5, 5.41) is 23.1. The van der Waals surface area contributed by atoms with Gasteiger partial charge in [0.05, 0.1) is 25.4 Å². The molecule has 0 aliphatic heterocycles. The summed E-state index contributed by atoms with van der Waals surface area (Å²) in [7, 11) is 0. The lowest BCUT2D eigenvalue weighted by atomic mass is 10.0. The average molecular weight is 830 g/mol. The summed E-state index contributed by atoms with van der Waals surface area (Å²) < 4.78 is 5.45. The summed E-state index contributed by atoms with van der Waals surface area (Å²) >= 11 is 0. The van der Waals surface area contributed by atoms with Crippen LogP contribution in [0.3, 0.4) is 0 Å². The fourth-order valence-electron chi connectivity index (χ4n) is 7.66. The number of aliphatic hydroxyl groups is 2. The zero-order valence-electron chi connectivity index (χ0n) is 39.2. The van der Waals surface area contributed by atoms with Gasteiger partial charge in [-0.1, -0.05) is 204 Å². The third kappa shape index (κ3) is 45.4. The minimum atomic E-state index is -0.673. The van der Waals surface area contributed by atoms with Crippen molar-refractivity contribution in [3.05, 3.63) is 36.5 Å². The van der Waals surface area contributed by atoms with Gasteiger partial charge in [-0.05, 0) is 83.5 Å². The SMILES string of the molecule is CCCCCC/C=C\C/C=C\CCCCCCCC(=O)OCCCCCC/C=C\CCCCCCCCCC(=O)NC(CO)C(O)CCCCCCCCCCCCC. The van der Waals surface area contributed by atoms with Crippen LogP contribution >= 0.6 is 0 Å². The van der Waals surface area contributed by atoms with Crippen LogP contribution in [-0.2, 0) is 14.3 Å². The first-order valence-corrected chi connectivity index (χ1v) is 25.7. The van der Waals surface area contributed by atoms with Crippen LogP contribution in [0.2, 0.25) is 0 Å². The Morgan fingerprint density at radius 1 is 0.475 bits per heavy atom. The molecular weight excluding hydrogens is 731 g/mol. The Labute approximate surface area is 366 Å². The highest BCUT2D eigenvalue weighted by molar-refractivity contribution is 5.76.